The average Bonchev–Trinajstić information content (AvgIpc) is 3.39. The van der Waals surface area contributed by atoms with E-state index in [1.54, 1.807) is 39.8 Å². The molecule has 1 aliphatic heterocycles. The van der Waals surface area contributed by atoms with E-state index in [4.69, 9.17) is 14.5 Å². The van der Waals surface area contributed by atoms with E-state index in [0.29, 0.717) is 38.8 Å². The second-order valence-corrected chi connectivity index (χ2v) is 9.47. The molecule has 0 spiro atoms. The fraction of sp³-hybridized carbons (Fsp3) is 0.286. The summed E-state index contributed by atoms with van der Waals surface area (Å²) in [5.74, 6) is -2.53. The number of nitro groups is 1. The van der Waals surface area contributed by atoms with Crippen LogP contribution in [0.3, 0.4) is 0 Å². The van der Waals surface area contributed by atoms with Crippen molar-refractivity contribution in [1.29, 1.82) is 0 Å². The molecule has 2 aromatic carbocycles. The van der Waals surface area contributed by atoms with Gasteiger partial charge >= 0.3 is 11.9 Å². The highest BCUT2D eigenvalue weighted by atomic mass is 32.1. The van der Waals surface area contributed by atoms with E-state index >= 15 is 0 Å². The molecule has 2 heterocycles. The van der Waals surface area contributed by atoms with E-state index < -0.39 is 28.7 Å². The Labute approximate surface area is 224 Å². The molecule has 0 amide bonds. The first-order valence-electron chi connectivity index (χ1n) is 12.2. The maximum absolute atomic E-state index is 13.2. The molecule has 0 radical (unpaired) electrons. The number of benzene rings is 2. The van der Waals surface area contributed by atoms with Crippen molar-refractivity contribution < 1.29 is 24.0 Å². The van der Waals surface area contributed by atoms with Crippen molar-refractivity contribution in [2.75, 3.05) is 13.2 Å². The molecule has 0 N–H and O–H groups in total. The zero-order valence-corrected chi connectivity index (χ0v) is 22.3. The smallest absolute Gasteiger partial charge is 0.336 e. The monoisotopic (exact) mass is 533 g/mol. The Morgan fingerprint density at radius 1 is 1.05 bits per heavy atom. The minimum Gasteiger partial charge on any atom is -0.465 e. The normalized spacial score (nSPS) is 17.1. The summed E-state index contributed by atoms with van der Waals surface area (Å²) < 4.78 is 10.8. The van der Waals surface area contributed by atoms with Gasteiger partial charge in [0.1, 0.15) is 10.9 Å². The Morgan fingerprint density at radius 2 is 1.79 bits per heavy atom. The molecule has 1 aromatic heterocycles. The molecule has 0 aliphatic carbocycles. The van der Waals surface area contributed by atoms with Gasteiger partial charge in [0.2, 0.25) is 0 Å². The third kappa shape index (κ3) is 5.26. The average molecular weight is 534 g/mol. The summed E-state index contributed by atoms with van der Waals surface area (Å²) >= 11 is 1.37. The van der Waals surface area contributed by atoms with Crippen LogP contribution in [-0.4, -0.2) is 40.8 Å². The van der Waals surface area contributed by atoms with Gasteiger partial charge in [0, 0.05) is 46.0 Å². The van der Waals surface area contributed by atoms with Gasteiger partial charge in [0.05, 0.1) is 29.4 Å². The molecule has 2 atom stereocenters. The van der Waals surface area contributed by atoms with Gasteiger partial charge in [-0.15, -0.1) is 11.3 Å². The Balaban J connectivity index is 1.86. The molecule has 0 bridgehead atoms. The summed E-state index contributed by atoms with van der Waals surface area (Å²) in [7, 11) is 0. The molecule has 38 heavy (non-hydrogen) atoms. The van der Waals surface area contributed by atoms with E-state index in [1.165, 1.54) is 23.5 Å². The van der Waals surface area contributed by atoms with Gasteiger partial charge in [-0.05, 0) is 33.3 Å². The van der Waals surface area contributed by atoms with Crippen LogP contribution >= 0.6 is 11.3 Å². The van der Waals surface area contributed by atoms with Crippen molar-refractivity contribution in [1.82, 2.24) is 4.98 Å². The summed E-state index contributed by atoms with van der Waals surface area (Å²) in [4.78, 5) is 46.5. The number of rotatable bonds is 8. The number of carbonyl (C=O) groups excluding carboxylic acids is 2. The predicted molar refractivity (Wildman–Crippen MR) is 145 cm³/mol. The highest BCUT2D eigenvalue weighted by Crippen LogP contribution is 2.44. The van der Waals surface area contributed by atoms with Crippen molar-refractivity contribution in [2.24, 2.45) is 10.9 Å². The third-order valence-electron chi connectivity index (χ3n) is 6.25. The van der Waals surface area contributed by atoms with Gasteiger partial charge in [-0.25, -0.2) is 9.78 Å². The minimum absolute atomic E-state index is 0.0219. The molecule has 0 fully saturated rings. The van der Waals surface area contributed by atoms with Crippen LogP contribution in [-0.2, 0) is 19.1 Å². The summed E-state index contributed by atoms with van der Waals surface area (Å²) in [6.45, 7) is 7.31. The van der Waals surface area contributed by atoms with Gasteiger partial charge < -0.3 is 9.47 Å². The molecule has 1 aliphatic rings. The van der Waals surface area contributed by atoms with Crippen LogP contribution in [0.1, 0.15) is 39.2 Å². The van der Waals surface area contributed by atoms with Crippen molar-refractivity contribution in [3.63, 3.8) is 0 Å². The van der Waals surface area contributed by atoms with Crippen LogP contribution in [0.4, 0.5) is 5.69 Å². The van der Waals surface area contributed by atoms with Crippen LogP contribution in [0, 0.1) is 16.0 Å². The highest BCUT2D eigenvalue weighted by molar-refractivity contribution is 7.13. The minimum atomic E-state index is -0.824. The first-order chi connectivity index (χ1) is 18.3. The highest BCUT2D eigenvalue weighted by Gasteiger charge is 2.43. The lowest BCUT2D eigenvalue weighted by Crippen LogP contribution is -2.36. The third-order valence-corrected chi connectivity index (χ3v) is 7.12. The topological polar surface area (TPSA) is 121 Å². The molecule has 0 saturated carbocycles. The SMILES string of the molecule is CCOC(=O)C1=C(C)N=C(C)C(C(=O)OCC)C1c1ccccc1-c1nc(-c2cccc([N+](=O)[O-])c2)cs1. The Hall–Kier alpha value is -4.18. The van der Waals surface area contributed by atoms with Crippen molar-refractivity contribution in [2.45, 2.75) is 33.6 Å². The second kappa shape index (κ2) is 11.5. The fourth-order valence-corrected chi connectivity index (χ4v) is 5.53. The van der Waals surface area contributed by atoms with Crippen LogP contribution in [0.5, 0.6) is 0 Å². The molecule has 9 nitrogen and oxygen atoms in total. The van der Waals surface area contributed by atoms with Crippen LogP contribution in [0.2, 0.25) is 0 Å². The number of allylic oxidation sites excluding steroid dienone is 1. The van der Waals surface area contributed by atoms with Crippen LogP contribution in [0.15, 0.2) is 70.2 Å². The molecule has 2 unspecified atom stereocenters. The lowest BCUT2D eigenvalue weighted by molar-refractivity contribution is -0.384. The Morgan fingerprint density at radius 3 is 2.50 bits per heavy atom. The number of aromatic nitrogens is 1. The number of thiazole rings is 1. The lowest BCUT2D eigenvalue weighted by atomic mass is 9.74. The fourth-order valence-electron chi connectivity index (χ4n) is 4.66. The number of ether oxygens (including phenoxy) is 2. The number of hydrogen-bond donors (Lipinski definition) is 0. The second-order valence-electron chi connectivity index (χ2n) is 8.61. The number of non-ortho nitro benzene ring substituents is 1. The largest absolute Gasteiger partial charge is 0.465 e. The Bertz CT molecular complexity index is 1460. The van der Waals surface area contributed by atoms with Gasteiger partial charge in [-0.1, -0.05) is 36.4 Å². The first-order valence-corrected chi connectivity index (χ1v) is 13.0. The van der Waals surface area contributed by atoms with Crippen molar-refractivity contribution in [3.05, 3.63) is 80.9 Å². The lowest BCUT2D eigenvalue weighted by Gasteiger charge is -2.32. The molecular weight excluding hydrogens is 506 g/mol. The molecule has 196 valence electrons. The number of hydrogen-bond acceptors (Lipinski definition) is 9. The first kappa shape index (κ1) is 26.9. The molecular formula is C28H27N3O6S. The summed E-state index contributed by atoms with van der Waals surface area (Å²) in [6, 6.07) is 13.7. The number of nitrogens with zero attached hydrogens (tertiary/aromatic N) is 3. The van der Waals surface area contributed by atoms with Crippen LogP contribution in [0.25, 0.3) is 21.8 Å². The number of esters is 2. The maximum atomic E-state index is 13.2. The zero-order chi connectivity index (χ0) is 27.4. The zero-order valence-electron chi connectivity index (χ0n) is 21.5. The molecule has 10 heteroatoms. The van der Waals surface area contributed by atoms with Gasteiger partial charge in [0.15, 0.2) is 0 Å². The van der Waals surface area contributed by atoms with E-state index in [2.05, 4.69) is 4.99 Å². The predicted octanol–water partition coefficient (Wildman–Crippen LogP) is 5.96. The molecule has 0 saturated heterocycles. The van der Waals surface area contributed by atoms with Crippen molar-refractivity contribution >= 4 is 34.7 Å². The standard InChI is InChI=1S/C28H27N3O6S/c1-5-36-27(32)23-16(3)29-17(4)24(28(33)37-6-2)25(23)20-12-7-8-13-21(20)26-30-22(15-38-26)18-10-9-11-19(14-18)31(34)35/h7-15,23,25H,5-6H2,1-4H3. The van der Waals surface area contributed by atoms with E-state index in [9.17, 15) is 19.7 Å². The number of aliphatic imine (C=N–C) groups is 1. The Kier molecular flexibility index (Phi) is 8.11. The quantitative estimate of drug-likeness (QED) is 0.199. The van der Waals surface area contributed by atoms with Crippen LogP contribution < -0.4 is 0 Å². The molecule has 4 rings (SSSR count). The number of nitro benzene ring substituents is 1. The summed E-state index contributed by atoms with van der Waals surface area (Å²) in [5, 5.41) is 13.7. The van der Waals surface area contributed by atoms with E-state index in [-0.39, 0.29) is 18.9 Å². The van der Waals surface area contributed by atoms with E-state index in [1.807, 2.05) is 29.6 Å². The van der Waals surface area contributed by atoms with Gasteiger partial charge in [-0.3, -0.25) is 19.9 Å². The summed E-state index contributed by atoms with van der Waals surface area (Å²) in [6.07, 6.45) is 0. The maximum Gasteiger partial charge on any atom is 0.336 e. The van der Waals surface area contributed by atoms with Gasteiger partial charge in [0.25, 0.3) is 5.69 Å². The number of carbonyl (C=O) groups is 2. The summed E-state index contributed by atoms with van der Waals surface area (Å²) in [5.41, 5.74) is 3.96. The van der Waals surface area contributed by atoms with Gasteiger partial charge in [-0.2, -0.15) is 0 Å². The van der Waals surface area contributed by atoms with Crippen molar-refractivity contribution in [3.8, 4) is 21.8 Å². The van der Waals surface area contributed by atoms with E-state index in [0.717, 1.165) is 5.56 Å². The molecule has 3 aromatic rings.